The van der Waals surface area contributed by atoms with Crippen LogP contribution in [0, 0.1) is 10.1 Å². The average molecular weight is 336 g/mol. The Morgan fingerprint density at radius 2 is 2.09 bits per heavy atom. The summed E-state index contributed by atoms with van der Waals surface area (Å²) in [4.78, 5) is 12.7. The van der Waals surface area contributed by atoms with Crippen molar-refractivity contribution in [1.29, 1.82) is 0 Å². The minimum absolute atomic E-state index is 0.0445. The Hall–Kier alpha value is -1.80. The highest BCUT2D eigenvalue weighted by atomic mass is 32.1. The van der Waals surface area contributed by atoms with Crippen LogP contribution in [0.4, 0.5) is 5.69 Å². The number of aliphatic hydroxyl groups is 1. The standard InChI is InChI=1S/C16H20N2O4S/c1-11(17-9-12(19)10-22-2)15-7-8-16(23-15)13-5-3-4-6-14(13)18(20)21/h3-8,11-12,17,19H,9-10H2,1-2H3. The van der Waals surface area contributed by atoms with E-state index in [4.69, 9.17) is 4.74 Å². The Morgan fingerprint density at radius 1 is 1.35 bits per heavy atom. The zero-order valence-corrected chi connectivity index (χ0v) is 13.9. The third-order valence-corrected chi connectivity index (χ3v) is 4.74. The molecule has 0 spiro atoms. The number of nitrogens with one attached hydrogen (secondary N) is 1. The third kappa shape index (κ3) is 4.59. The van der Waals surface area contributed by atoms with Gasteiger partial charge in [0.1, 0.15) is 0 Å². The van der Waals surface area contributed by atoms with Crippen LogP contribution < -0.4 is 5.32 Å². The number of nitro benzene ring substituents is 1. The molecule has 1 aromatic heterocycles. The molecule has 23 heavy (non-hydrogen) atoms. The highest BCUT2D eigenvalue weighted by molar-refractivity contribution is 7.15. The van der Waals surface area contributed by atoms with Gasteiger partial charge >= 0.3 is 0 Å². The molecule has 2 atom stereocenters. The van der Waals surface area contributed by atoms with Gasteiger partial charge in [0.2, 0.25) is 0 Å². The number of ether oxygens (including phenoxy) is 1. The quantitative estimate of drug-likeness (QED) is 0.572. The summed E-state index contributed by atoms with van der Waals surface area (Å²) in [6.45, 7) is 2.70. The predicted octanol–water partition coefficient (Wildman–Crippen LogP) is 2.98. The number of benzene rings is 1. The van der Waals surface area contributed by atoms with Crippen molar-refractivity contribution in [2.24, 2.45) is 0 Å². The molecular weight excluding hydrogens is 316 g/mol. The van der Waals surface area contributed by atoms with E-state index in [0.29, 0.717) is 12.1 Å². The van der Waals surface area contributed by atoms with Crippen molar-refractivity contribution >= 4 is 17.0 Å². The SMILES string of the molecule is COCC(O)CNC(C)c1ccc(-c2ccccc2[N+](=O)[O-])s1. The molecule has 0 aliphatic carbocycles. The summed E-state index contributed by atoms with van der Waals surface area (Å²) in [5, 5.41) is 24.0. The van der Waals surface area contributed by atoms with E-state index in [1.807, 2.05) is 19.1 Å². The zero-order valence-electron chi connectivity index (χ0n) is 13.1. The Morgan fingerprint density at radius 3 is 2.78 bits per heavy atom. The summed E-state index contributed by atoms with van der Waals surface area (Å²) in [6, 6.07) is 10.6. The maximum absolute atomic E-state index is 11.1. The molecule has 1 aromatic carbocycles. The van der Waals surface area contributed by atoms with Crippen LogP contribution in [-0.4, -0.2) is 36.4 Å². The molecule has 124 valence electrons. The van der Waals surface area contributed by atoms with Crippen molar-refractivity contribution in [3.63, 3.8) is 0 Å². The summed E-state index contributed by atoms with van der Waals surface area (Å²) < 4.78 is 4.89. The molecule has 0 saturated heterocycles. The van der Waals surface area contributed by atoms with Gasteiger partial charge < -0.3 is 15.2 Å². The van der Waals surface area contributed by atoms with Crippen molar-refractivity contribution in [1.82, 2.24) is 5.32 Å². The first-order chi connectivity index (χ1) is 11.0. The normalized spacial score (nSPS) is 13.7. The molecule has 6 nitrogen and oxygen atoms in total. The van der Waals surface area contributed by atoms with E-state index in [9.17, 15) is 15.2 Å². The maximum Gasteiger partial charge on any atom is 0.278 e. The summed E-state index contributed by atoms with van der Waals surface area (Å²) in [5.41, 5.74) is 0.734. The fourth-order valence-electron chi connectivity index (χ4n) is 2.24. The predicted molar refractivity (Wildman–Crippen MR) is 90.7 cm³/mol. The molecule has 0 saturated carbocycles. The molecule has 2 unspecified atom stereocenters. The molecule has 0 aliphatic rings. The van der Waals surface area contributed by atoms with Crippen LogP contribution in [0.2, 0.25) is 0 Å². The lowest BCUT2D eigenvalue weighted by Crippen LogP contribution is -2.31. The number of rotatable bonds is 8. The van der Waals surface area contributed by atoms with E-state index in [1.165, 1.54) is 17.4 Å². The number of aliphatic hydroxyl groups excluding tert-OH is 1. The lowest BCUT2D eigenvalue weighted by Gasteiger charge is -2.15. The largest absolute Gasteiger partial charge is 0.389 e. The maximum atomic E-state index is 11.1. The van der Waals surface area contributed by atoms with Gasteiger partial charge in [-0.1, -0.05) is 12.1 Å². The van der Waals surface area contributed by atoms with Crippen molar-refractivity contribution < 1.29 is 14.8 Å². The summed E-state index contributed by atoms with van der Waals surface area (Å²) in [7, 11) is 1.55. The van der Waals surface area contributed by atoms with E-state index >= 15 is 0 Å². The van der Waals surface area contributed by atoms with E-state index < -0.39 is 6.10 Å². The van der Waals surface area contributed by atoms with Gasteiger partial charge in [0.05, 0.1) is 23.2 Å². The molecule has 0 amide bonds. The summed E-state index contributed by atoms with van der Waals surface area (Å²) >= 11 is 1.51. The number of hydrogen-bond acceptors (Lipinski definition) is 6. The number of nitro groups is 1. The number of nitrogens with zero attached hydrogens (tertiary/aromatic N) is 1. The first-order valence-corrected chi connectivity index (χ1v) is 8.08. The van der Waals surface area contributed by atoms with Crippen molar-refractivity contribution in [2.45, 2.75) is 19.1 Å². The van der Waals surface area contributed by atoms with E-state index in [1.54, 1.807) is 25.3 Å². The molecule has 0 aliphatic heterocycles. The first-order valence-electron chi connectivity index (χ1n) is 7.26. The van der Waals surface area contributed by atoms with Crippen molar-refractivity contribution in [2.75, 3.05) is 20.3 Å². The molecule has 0 fully saturated rings. The minimum atomic E-state index is -0.558. The van der Waals surface area contributed by atoms with Gasteiger partial charge in [0.25, 0.3) is 5.69 Å². The van der Waals surface area contributed by atoms with Crippen LogP contribution in [0.3, 0.4) is 0 Å². The molecule has 0 radical (unpaired) electrons. The average Bonchev–Trinajstić information content (AvgIpc) is 3.02. The van der Waals surface area contributed by atoms with Crippen LogP contribution in [0.25, 0.3) is 10.4 Å². The topological polar surface area (TPSA) is 84.6 Å². The highest BCUT2D eigenvalue weighted by Gasteiger charge is 2.17. The number of hydrogen-bond donors (Lipinski definition) is 2. The fourth-order valence-corrected chi connectivity index (χ4v) is 3.31. The van der Waals surface area contributed by atoms with Crippen LogP contribution in [0.15, 0.2) is 36.4 Å². The second-order valence-electron chi connectivity index (χ2n) is 5.22. The molecule has 1 heterocycles. The molecule has 0 bridgehead atoms. The van der Waals surface area contributed by atoms with Gasteiger partial charge in [0, 0.05) is 35.5 Å². The lowest BCUT2D eigenvalue weighted by molar-refractivity contribution is -0.384. The first kappa shape index (κ1) is 17.6. The molecule has 2 N–H and O–H groups in total. The van der Waals surface area contributed by atoms with Crippen LogP contribution in [0.5, 0.6) is 0 Å². The van der Waals surface area contributed by atoms with Gasteiger partial charge in [-0.2, -0.15) is 0 Å². The Balaban J connectivity index is 2.10. The van der Waals surface area contributed by atoms with E-state index in [-0.39, 0.29) is 23.3 Å². The Bertz CT molecular complexity index is 659. The molecule has 2 rings (SSSR count). The monoisotopic (exact) mass is 336 g/mol. The summed E-state index contributed by atoms with van der Waals surface area (Å²) in [6.07, 6.45) is -0.558. The second-order valence-corrected chi connectivity index (χ2v) is 6.33. The molecule has 7 heteroatoms. The van der Waals surface area contributed by atoms with Crippen LogP contribution in [0.1, 0.15) is 17.8 Å². The van der Waals surface area contributed by atoms with Crippen molar-refractivity contribution in [3.8, 4) is 10.4 Å². The van der Waals surface area contributed by atoms with Crippen LogP contribution >= 0.6 is 11.3 Å². The van der Waals surface area contributed by atoms with Gasteiger partial charge in [-0.3, -0.25) is 10.1 Å². The second kappa shape index (κ2) is 8.16. The Kier molecular flexibility index (Phi) is 6.23. The number of thiophene rings is 1. The van der Waals surface area contributed by atoms with Gasteiger partial charge in [-0.05, 0) is 25.1 Å². The molecule has 2 aromatic rings. The van der Waals surface area contributed by atoms with E-state index in [2.05, 4.69) is 5.32 Å². The minimum Gasteiger partial charge on any atom is -0.389 e. The smallest absolute Gasteiger partial charge is 0.278 e. The fraction of sp³-hybridized carbons (Fsp3) is 0.375. The van der Waals surface area contributed by atoms with Crippen LogP contribution in [-0.2, 0) is 4.74 Å². The summed E-state index contributed by atoms with van der Waals surface area (Å²) in [5.74, 6) is 0. The van der Waals surface area contributed by atoms with E-state index in [0.717, 1.165) is 9.75 Å². The Labute approximate surface area is 138 Å². The van der Waals surface area contributed by atoms with Gasteiger partial charge in [0.15, 0.2) is 0 Å². The van der Waals surface area contributed by atoms with Gasteiger partial charge in [-0.25, -0.2) is 0 Å². The molecular formula is C16H20N2O4S. The van der Waals surface area contributed by atoms with Gasteiger partial charge in [-0.15, -0.1) is 11.3 Å². The number of methoxy groups -OCH3 is 1. The third-order valence-electron chi connectivity index (χ3n) is 3.44. The van der Waals surface area contributed by atoms with Crippen molar-refractivity contribution in [3.05, 3.63) is 51.4 Å². The number of para-hydroxylation sites is 1. The highest BCUT2D eigenvalue weighted by Crippen LogP contribution is 2.36. The lowest BCUT2D eigenvalue weighted by atomic mass is 10.1. The zero-order chi connectivity index (χ0) is 16.8.